The van der Waals surface area contributed by atoms with E-state index >= 15 is 0 Å². The molecule has 1 amide bonds. The first kappa shape index (κ1) is 18.8. The van der Waals surface area contributed by atoms with E-state index in [1.807, 2.05) is 19.1 Å². The van der Waals surface area contributed by atoms with Crippen molar-refractivity contribution in [2.24, 2.45) is 0 Å². The minimum absolute atomic E-state index is 0.0919. The van der Waals surface area contributed by atoms with Gasteiger partial charge in [0, 0.05) is 38.2 Å². The van der Waals surface area contributed by atoms with E-state index in [4.69, 9.17) is 4.74 Å². The monoisotopic (exact) mass is 366 g/mol. The van der Waals surface area contributed by atoms with Crippen molar-refractivity contribution in [3.63, 3.8) is 0 Å². The van der Waals surface area contributed by atoms with E-state index in [1.165, 1.54) is 4.90 Å². The van der Waals surface area contributed by atoms with Crippen LogP contribution in [0.25, 0.3) is 5.76 Å². The molecule has 1 fully saturated rings. The Morgan fingerprint density at radius 1 is 1.22 bits per heavy atom. The van der Waals surface area contributed by atoms with Gasteiger partial charge in [-0.2, -0.15) is 0 Å². The molecule has 1 unspecified atom stereocenters. The van der Waals surface area contributed by atoms with Crippen LogP contribution in [0.1, 0.15) is 29.2 Å². The molecule has 1 aliphatic rings. The maximum Gasteiger partial charge on any atom is 0.295 e. The van der Waals surface area contributed by atoms with E-state index in [-0.39, 0.29) is 11.3 Å². The van der Waals surface area contributed by atoms with Crippen LogP contribution < -0.4 is 0 Å². The summed E-state index contributed by atoms with van der Waals surface area (Å²) in [7, 11) is 1.59. The zero-order chi connectivity index (χ0) is 19.4. The van der Waals surface area contributed by atoms with Crippen molar-refractivity contribution >= 4 is 17.4 Å². The average molecular weight is 366 g/mol. The van der Waals surface area contributed by atoms with Gasteiger partial charge >= 0.3 is 0 Å². The second-order valence-electron chi connectivity index (χ2n) is 6.49. The summed E-state index contributed by atoms with van der Waals surface area (Å²) in [5.41, 5.74) is 2.32. The number of amides is 1. The molecular formula is C21H22N2O4. The Kier molecular flexibility index (Phi) is 5.66. The number of ketones is 1. The molecule has 1 aromatic heterocycles. The van der Waals surface area contributed by atoms with Gasteiger partial charge in [-0.3, -0.25) is 14.6 Å². The maximum atomic E-state index is 12.8. The van der Waals surface area contributed by atoms with Gasteiger partial charge in [-0.15, -0.1) is 0 Å². The third-order valence-electron chi connectivity index (χ3n) is 4.61. The van der Waals surface area contributed by atoms with Gasteiger partial charge in [0.05, 0.1) is 11.6 Å². The molecule has 2 heterocycles. The normalized spacial score (nSPS) is 18.9. The highest BCUT2D eigenvalue weighted by Crippen LogP contribution is 2.39. The molecule has 2 aromatic rings. The fourth-order valence-electron chi connectivity index (χ4n) is 3.24. The first-order valence-corrected chi connectivity index (χ1v) is 8.79. The lowest BCUT2D eigenvalue weighted by Gasteiger charge is -2.25. The number of aromatic nitrogens is 1. The first-order chi connectivity index (χ1) is 13.0. The largest absolute Gasteiger partial charge is 0.507 e. The van der Waals surface area contributed by atoms with Crippen LogP contribution in [0, 0.1) is 6.92 Å². The van der Waals surface area contributed by atoms with Gasteiger partial charge in [-0.25, -0.2) is 0 Å². The third kappa shape index (κ3) is 3.75. The standard InChI is InChI=1S/C21H22N2O4/c1-14-6-8-15(9-7-14)19(24)17-18(16-5-3-10-22-13-16)23(11-4-12-27-2)21(26)20(17)25/h3,5-10,13,18,24H,4,11-12H2,1-2H3. The molecule has 6 heteroatoms. The Bertz CT molecular complexity index is 860. The lowest BCUT2D eigenvalue weighted by molar-refractivity contribution is -0.140. The molecule has 0 spiro atoms. The number of ether oxygens (including phenoxy) is 1. The second kappa shape index (κ2) is 8.14. The van der Waals surface area contributed by atoms with Crippen molar-refractivity contribution < 1.29 is 19.4 Å². The molecule has 6 nitrogen and oxygen atoms in total. The fourth-order valence-corrected chi connectivity index (χ4v) is 3.24. The summed E-state index contributed by atoms with van der Waals surface area (Å²) in [5.74, 6) is -1.47. The molecule has 0 bridgehead atoms. The maximum absolute atomic E-state index is 12.8. The smallest absolute Gasteiger partial charge is 0.295 e. The lowest BCUT2D eigenvalue weighted by Crippen LogP contribution is -2.31. The first-order valence-electron chi connectivity index (χ1n) is 8.79. The van der Waals surface area contributed by atoms with Crippen LogP contribution in [0.2, 0.25) is 0 Å². The van der Waals surface area contributed by atoms with Gasteiger partial charge in [0.25, 0.3) is 11.7 Å². The molecule has 1 N–H and O–H groups in total. The van der Waals surface area contributed by atoms with E-state index < -0.39 is 17.7 Å². The number of hydrogen-bond acceptors (Lipinski definition) is 5. The minimum Gasteiger partial charge on any atom is -0.507 e. The zero-order valence-corrected chi connectivity index (χ0v) is 15.4. The summed E-state index contributed by atoms with van der Waals surface area (Å²) in [6.45, 7) is 2.76. The van der Waals surface area contributed by atoms with Crippen molar-refractivity contribution in [3.05, 3.63) is 71.1 Å². The molecule has 1 aliphatic heterocycles. The molecule has 140 valence electrons. The Hall–Kier alpha value is -2.99. The molecule has 1 saturated heterocycles. The predicted octanol–water partition coefficient (Wildman–Crippen LogP) is 2.85. The van der Waals surface area contributed by atoms with Gasteiger partial charge < -0.3 is 14.7 Å². The topological polar surface area (TPSA) is 79.7 Å². The highest BCUT2D eigenvalue weighted by molar-refractivity contribution is 6.46. The van der Waals surface area contributed by atoms with Crippen molar-refractivity contribution in [2.75, 3.05) is 20.3 Å². The Labute approximate surface area is 158 Å². The zero-order valence-electron chi connectivity index (χ0n) is 15.4. The van der Waals surface area contributed by atoms with Crippen LogP contribution in [0.4, 0.5) is 0 Å². The summed E-state index contributed by atoms with van der Waals surface area (Å²) in [5, 5.41) is 10.9. The van der Waals surface area contributed by atoms with E-state index in [0.717, 1.165) is 5.56 Å². The van der Waals surface area contributed by atoms with Gasteiger partial charge in [0.15, 0.2) is 0 Å². The lowest BCUT2D eigenvalue weighted by atomic mass is 9.96. The molecule has 0 aliphatic carbocycles. The predicted molar refractivity (Wildman–Crippen MR) is 101 cm³/mol. The van der Waals surface area contributed by atoms with Crippen LogP contribution in [-0.4, -0.2) is 46.9 Å². The molecule has 27 heavy (non-hydrogen) atoms. The number of aliphatic hydroxyl groups is 1. The number of pyridine rings is 1. The Balaban J connectivity index is 2.09. The SMILES string of the molecule is COCCCN1C(=O)C(=O)C(=C(O)c2ccc(C)cc2)C1c1cccnc1. The molecule has 0 saturated carbocycles. The van der Waals surface area contributed by atoms with Gasteiger partial charge in [0.2, 0.25) is 0 Å². The number of hydrogen-bond donors (Lipinski definition) is 1. The summed E-state index contributed by atoms with van der Waals surface area (Å²) in [4.78, 5) is 31.0. The van der Waals surface area contributed by atoms with Gasteiger partial charge in [0.1, 0.15) is 5.76 Å². The minimum atomic E-state index is -0.681. The Morgan fingerprint density at radius 2 is 1.96 bits per heavy atom. The molecular weight excluding hydrogens is 344 g/mol. The van der Waals surface area contributed by atoms with Gasteiger partial charge in [-0.1, -0.05) is 35.9 Å². The van der Waals surface area contributed by atoms with E-state index in [2.05, 4.69) is 4.98 Å². The summed E-state index contributed by atoms with van der Waals surface area (Å²) >= 11 is 0. The van der Waals surface area contributed by atoms with Crippen LogP contribution in [0.15, 0.2) is 54.4 Å². The number of methoxy groups -OCH3 is 1. The van der Waals surface area contributed by atoms with Crippen LogP contribution in [-0.2, 0) is 14.3 Å². The van der Waals surface area contributed by atoms with Crippen molar-refractivity contribution in [1.29, 1.82) is 0 Å². The number of rotatable bonds is 6. The number of carbonyl (C=O) groups excluding carboxylic acids is 2. The molecule has 1 atom stereocenters. The van der Waals surface area contributed by atoms with Crippen molar-refractivity contribution in [3.8, 4) is 0 Å². The number of nitrogens with zero attached hydrogens (tertiary/aromatic N) is 2. The van der Waals surface area contributed by atoms with E-state index in [9.17, 15) is 14.7 Å². The number of Topliss-reactive ketones (excluding diaryl/α,β-unsaturated/α-hetero) is 1. The van der Waals surface area contributed by atoms with Crippen LogP contribution in [0.3, 0.4) is 0 Å². The van der Waals surface area contributed by atoms with Gasteiger partial charge in [-0.05, 0) is 25.0 Å². The van der Waals surface area contributed by atoms with Crippen LogP contribution >= 0.6 is 0 Å². The number of aliphatic hydroxyl groups excluding tert-OH is 1. The van der Waals surface area contributed by atoms with E-state index in [1.54, 1.807) is 43.8 Å². The number of carbonyl (C=O) groups is 2. The third-order valence-corrected chi connectivity index (χ3v) is 4.61. The van der Waals surface area contributed by atoms with E-state index in [0.29, 0.717) is 30.7 Å². The Morgan fingerprint density at radius 3 is 2.59 bits per heavy atom. The number of aryl methyl sites for hydroxylation is 1. The second-order valence-corrected chi connectivity index (χ2v) is 6.49. The fraction of sp³-hybridized carbons (Fsp3) is 0.286. The quantitative estimate of drug-likeness (QED) is 0.368. The average Bonchev–Trinajstić information content (AvgIpc) is 2.94. The summed E-state index contributed by atoms with van der Waals surface area (Å²) in [6, 6.07) is 10.1. The molecule has 3 rings (SSSR count). The van der Waals surface area contributed by atoms with Crippen molar-refractivity contribution in [2.45, 2.75) is 19.4 Å². The molecule has 0 radical (unpaired) electrons. The summed E-state index contributed by atoms with van der Waals surface area (Å²) in [6.07, 6.45) is 3.83. The number of benzene rings is 1. The van der Waals surface area contributed by atoms with Crippen LogP contribution in [0.5, 0.6) is 0 Å². The van der Waals surface area contributed by atoms with Crippen molar-refractivity contribution in [1.82, 2.24) is 9.88 Å². The molecule has 1 aromatic carbocycles. The highest BCUT2D eigenvalue weighted by atomic mass is 16.5. The number of likely N-dealkylation sites (tertiary alicyclic amines) is 1. The highest BCUT2D eigenvalue weighted by Gasteiger charge is 2.45. The summed E-state index contributed by atoms with van der Waals surface area (Å²) < 4.78 is 5.06.